The lowest BCUT2D eigenvalue weighted by molar-refractivity contribution is 0.0517. The number of carbonyl (C=O) groups is 2. The van der Waals surface area contributed by atoms with Gasteiger partial charge >= 0.3 is 0 Å². The van der Waals surface area contributed by atoms with Crippen LogP contribution < -0.4 is 0 Å². The van der Waals surface area contributed by atoms with Gasteiger partial charge in [0.15, 0.2) is 5.76 Å². The molecule has 0 atom stereocenters. The molecular weight excluding hydrogens is 363 g/mol. The number of hydrogen-bond donors (Lipinski definition) is 0. The summed E-state index contributed by atoms with van der Waals surface area (Å²) in [5, 5.41) is 0.612. The number of benzene rings is 1. The van der Waals surface area contributed by atoms with Crippen molar-refractivity contribution in [3.8, 4) is 0 Å². The van der Waals surface area contributed by atoms with Gasteiger partial charge in [-0.15, -0.1) is 0 Å². The Kier molecular flexibility index (Phi) is 5.35. The van der Waals surface area contributed by atoms with Crippen LogP contribution in [-0.4, -0.2) is 47.8 Å². The Labute approximate surface area is 156 Å². The summed E-state index contributed by atoms with van der Waals surface area (Å²) >= 11 is 12.1. The minimum absolute atomic E-state index is 0.146. The smallest absolute Gasteiger partial charge is 0.289 e. The standard InChI is InChI=1S/C18H18Cl2N2O3/c1-2-12-6-7-15(25-12)18(24)22-10-8-21(9-11-22)17(23)13-4-3-5-14(19)16(13)20/h3-7H,2,8-11H2,1H3. The van der Waals surface area contributed by atoms with Gasteiger partial charge in [0, 0.05) is 32.6 Å². The highest BCUT2D eigenvalue weighted by Crippen LogP contribution is 2.27. The molecule has 2 aromatic rings. The monoisotopic (exact) mass is 380 g/mol. The summed E-state index contributed by atoms with van der Waals surface area (Å²) in [5.74, 6) is 0.806. The van der Waals surface area contributed by atoms with Crippen molar-refractivity contribution in [3.63, 3.8) is 0 Å². The van der Waals surface area contributed by atoms with Gasteiger partial charge in [0.25, 0.3) is 11.8 Å². The molecule has 0 bridgehead atoms. The van der Waals surface area contributed by atoms with Crippen LogP contribution in [0.25, 0.3) is 0 Å². The average Bonchev–Trinajstić information content (AvgIpc) is 3.12. The highest BCUT2D eigenvalue weighted by atomic mass is 35.5. The molecule has 1 saturated heterocycles. The van der Waals surface area contributed by atoms with Gasteiger partial charge in [0.1, 0.15) is 5.76 Å². The van der Waals surface area contributed by atoms with Crippen LogP contribution in [0.2, 0.25) is 10.0 Å². The Hall–Kier alpha value is -1.98. The zero-order valence-electron chi connectivity index (χ0n) is 13.8. The highest BCUT2D eigenvalue weighted by molar-refractivity contribution is 6.43. The minimum Gasteiger partial charge on any atom is -0.456 e. The molecule has 0 radical (unpaired) electrons. The summed E-state index contributed by atoms with van der Waals surface area (Å²) in [5.41, 5.74) is 0.382. The van der Waals surface area contributed by atoms with Crippen LogP contribution in [0.5, 0.6) is 0 Å². The molecule has 0 N–H and O–H groups in total. The summed E-state index contributed by atoms with van der Waals surface area (Å²) in [7, 11) is 0. The first-order valence-corrected chi connectivity index (χ1v) is 8.88. The molecule has 2 amide bonds. The molecular formula is C18H18Cl2N2O3. The van der Waals surface area contributed by atoms with Crippen molar-refractivity contribution < 1.29 is 14.0 Å². The van der Waals surface area contributed by atoms with E-state index in [1.54, 1.807) is 34.1 Å². The first kappa shape index (κ1) is 17.8. The quantitative estimate of drug-likeness (QED) is 0.814. The molecule has 25 heavy (non-hydrogen) atoms. The first-order valence-electron chi connectivity index (χ1n) is 8.12. The molecule has 2 heterocycles. The lowest BCUT2D eigenvalue weighted by atomic mass is 10.1. The van der Waals surface area contributed by atoms with Gasteiger partial charge in [-0.25, -0.2) is 0 Å². The maximum absolute atomic E-state index is 12.6. The van der Waals surface area contributed by atoms with Gasteiger partial charge in [-0.2, -0.15) is 0 Å². The Morgan fingerprint density at radius 3 is 2.24 bits per heavy atom. The van der Waals surface area contributed by atoms with Crippen molar-refractivity contribution in [1.29, 1.82) is 0 Å². The molecule has 0 spiro atoms. The van der Waals surface area contributed by atoms with Crippen LogP contribution in [-0.2, 0) is 6.42 Å². The average molecular weight is 381 g/mol. The topological polar surface area (TPSA) is 53.8 Å². The highest BCUT2D eigenvalue weighted by Gasteiger charge is 2.28. The molecule has 1 aliphatic rings. The van der Waals surface area contributed by atoms with E-state index in [2.05, 4.69) is 0 Å². The van der Waals surface area contributed by atoms with Crippen molar-refractivity contribution in [2.45, 2.75) is 13.3 Å². The Bertz CT molecular complexity index is 795. The number of nitrogens with zero attached hydrogens (tertiary/aromatic N) is 2. The SMILES string of the molecule is CCc1ccc(C(=O)N2CCN(C(=O)c3cccc(Cl)c3Cl)CC2)o1. The van der Waals surface area contributed by atoms with E-state index in [0.717, 1.165) is 12.2 Å². The summed E-state index contributed by atoms with van der Waals surface area (Å²) in [6.45, 7) is 3.75. The second-order valence-corrected chi connectivity index (χ2v) is 6.59. The molecule has 1 aliphatic heterocycles. The van der Waals surface area contributed by atoms with Crippen LogP contribution in [0.15, 0.2) is 34.7 Å². The molecule has 0 saturated carbocycles. The zero-order valence-corrected chi connectivity index (χ0v) is 15.3. The predicted octanol–water partition coefficient (Wildman–Crippen LogP) is 3.75. The van der Waals surface area contributed by atoms with Crippen molar-refractivity contribution in [1.82, 2.24) is 9.80 Å². The number of aryl methyl sites for hydroxylation is 1. The number of carbonyl (C=O) groups excluding carboxylic acids is 2. The molecule has 1 aromatic carbocycles. The lowest BCUT2D eigenvalue weighted by Crippen LogP contribution is -2.50. The third-order valence-corrected chi connectivity index (χ3v) is 5.08. The van der Waals surface area contributed by atoms with Crippen molar-refractivity contribution >= 4 is 35.0 Å². The number of piperazine rings is 1. The van der Waals surface area contributed by atoms with Crippen molar-refractivity contribution in [2.24, 2.45) is 0 Å². The second-order valence-electron chi connectivity index (χ2n) is 5.81. The van der Waals surface area contributed by atoms with Gasteiger partial charge in [0.2, 0.25) is 0 Å². The molecule has 1 fully saturated rings. The second kappa shape index (κ2) is 7.50. The van der Waals surface area contributed by atoms with E-state index in [1.165, 1.54) is 0 Å². The van der Waals surface area contributed by atoms with E-state index in [9.17, 15) is 9.59 Å². The third-order valence-electron chi connectivity index (χ3n) is 4.26. The number of amides is 2. The molecule has 5 nitrogen and oxygen atoms in total. The fourth-order valence-corrected chi connectivity index (χ4v) is 3.17. The fraction of sp³-hybridized carbons (Fsp3) is 0.333. The van der Waals surface area contributed by atoms with E-state index in [1.807, 2.05) is 13.0 Å². The van der Waals surface area contributed by atoms with Crippen LogP contribution >= 0.6 is 23.2 Å². The maximum atomic E-state index is 12.6. The molecule has 7 heteroatoms. The number of rotatable bonds is 3. The molecule has 0 unspecified atom stereocenters. The van der Waals surface area contributed by atoms with Gasteiger partial charge in [-0.05, 0) is 24.3 Å². The predicted molar refractivity (Wildman–Crippen MR) is 96.4 cm³/mol. The summed E-state index contributed by atoms with van der Waals surface area (Å²) in [6.07, 6.45) is 0.746. The van der Waals surface area contributed by atoms with E-state index >= 15 is 0 Å². The first-order chi connectivity index (χ1) is 12.0. The maximum Gasteiger partial charge on any atom is 0.289 e. The van der Waals surface area contributed by atoms with Crippen molar-refractivity contribution in [3.05, 3.63) is 57.5 Å². The van der Waals surface area contributed by atoms with Gasteiger partial charge in [0.05, 0.1) is 15.6 Å². The number of hydrogen-bond acceptors (Lipinski definition) is 3. The Balaban J connectivity index is 1.64. The molecule has 0 aliphatic carbocycles. The molecule has 132 valence electrons. The van der Waals surface area contributed by atoms with E-state index in [-0.39, 0.29) is 16.8 Å². The van der Waals surface area contributed by atoms with Crippen LogP contribution in [0, 0.1) is 0 Å². The Morgan fingerprint density at radius 1 is 1.00 bits per heavy atom. The third kappa shape index (κ3) is 3.67. The van der Waals surface area contributed by atoms with Crippen molar-refractivity contribution in [2.75, 3.05) is 26.2 Å². The van der Waals surface area contributed by atoms with Gasteiger partial charge in [-0.3, -0.25) is 9.59 Å². The summed E-state index contributed by atoms with van der Waals surface area (Å²) in [4.78, 5) is 28.5. The van der Waals surface area contributed by atoms with Crippen LogP contribution in [0.1, 0.15) is 33.6 Å². The summed E-state index contributed by atoms with van der Waals surface area (Å²) in [6, 6.07) is 8.51. The molecule has 3 rings (SSSR count). The Morgan fingerprint density at radius 2 is 1.64 bits per heavy atom. The summed E-state index contributed by atoms with van der Waals surface area (Å²) < 4.78 is 5.52. The van der Waals surface area contributed by atoms with Crippen LogP contribution in [0.4, 0.5) is 0 Å². The lowest BCUT2D eigenvalue weighted by Gasteiger charge is -2.34. The largest absolute Gasteiger partial charge is 0.456 e. The van der Waals surface area contributed by atoms with E-state index in [0.29, 0.717) is 42.5 Å². The fourth-order valence-electron chi connectivity index (χ4n) is 2.79. The van der Waals surface area contributed by atoms with E-state index < -0.39 is 0 Å². The van der Waals surface area contributed by atoms with Crippen LogP contribution in [0.3, 0.4) is 0 Å². The van der Waals surface area contributed by atoms with Gasteiger partial charge in [-0.1, -0.05) is 36.2 Å². The van der Waals surface area contributed by atoms with Gasteiger partial charge < -0.3 is 14.2 Å². The zero-order chi connectivity index (χ0) is 18.0. The normalized spacial score (nSPS) is 14.7. The van der Waals surface area contributed by atoms with E-state index in [4.69, 9.17) is 27.6 Å². The molecule has 1 aromatic heterocycles. The minimum atomic E-state index is -0.175. The number of furan rings is 1. The number of halogens is 2.